The van der Waals surface area contributed by atoms with Gasteiger partial charge in [-0.05, 0) is 55.8 Å². The number of urea groups is 1. The molecule has 2 amide bonds. The third kappa shape index (κ3) is 3.01. The molecule has 1 heterocycles. The Balaban J connectivity index is 1.53. The molecular formula is C16H26N2O3. The van der Waals surface area contributed by atoms with Gasteiger partial charge < -0.3 is 15.3 Å². The minimum atomic E-state index is -0.878. The molecule has 2 N–H and O–H groups in total. The maximum atomic E-state index is 12.3. The van der Waals surface area contributed by atoms with Crippen molar-refractivity contribution in [1.82, 2.24) is 10.2 Å². The third-order valence-corrected chi connectivity index (χ3v) is 5.81. The van der Waals surface area contributed by atoms with E-state index in [-0.39, 0.29) is 6.03 Å². The Morgan fingerprint density at radius 3 is 2.62 bits per heavy atom. The fourth-order valence-electron chi connectivity index (χ4n) is 4.57. The Kier molecular flexibility index (Phi) is 4.09. The van der Waals surface area contributed by atoms with Gasteiger partial charge >= 0.3 is 12.0 Å². The first-order valence-corrected chi connectivity index (χ1v) is 8.32. The first kappa shape index (κ1) is 14.7. The highest BCUT2D eigenvalue weighted by Gasteiger charge is 2.40. The SMILES string of the molecule is CC1CCN(C(=O)NCC2CC3CCC2C3)C(C(=O)O)C1. The second kappa shape index (κ2) is 5.85. The number of hydrogen-bond donors (Lipinski definition) is 2. The number of nitrogens with one attached hydrogen (secondary N) is 1. The summed E-state index contributed by atoms with van der Waals surface area (Å²) in [6.07, 6.45) is 6.70. The number of carboxylic acid groups (broad SMARTS) is 1. The lowest BCUT2D eigenvalue weighted by molar-refractivity contribution is -0.143. The molecule has 5 nitrogen and oxygen atoms in total. The van der Waals surface area contributed by atoms with Crippen molar-refractivity contribution in [3.8, 4) is 0 Å². The van der Waals surface area contributed by atoms with Gasteiger partial charge in [0.05, 0.1) is 0 Å². The summed E-state index contributed by atoms with van der Waals surface area (Å²) >= 11 is 0. The van der Waals surface area contributed by atoms with Gasteiger partial charge in [-0.25, -0.2) is 9.59 Å². The van der Waals surface area contributed by atoms with Crippen molar-refractivity contribution in [2.75, 3.05) is 13.1 Å². The second-order valence-corrected chi connectivity index (χ2v) is 7.30. The van der Waals surface area contributed by atoms with Crippen LogP contribution in [0.2, 0.25) is 0 Å². The summed E-state index contributed by atoms with van der Waals surface area (Å²) in [6.45, 7) is 3.33. The largest absolute Gasteiger partial charge is 0.480 e. The number of rotatable bonds is 3. The summed E-state index contributed by atoms with van der Waals surface area (Å²) < 4.78 is 0. The molecule has 0 aromatic heterocycles. The number of piperidine rings is 1. The highest BCUT2D eigenvalue weighted by Crippen LogP contribution is 2.47. The quantitative estimate of drug-likeness (QED) is 0.839. The monoisotopic (exact) mass is 294 g/mol. The van der Waals surface area contributed by atoms with E-state index in [2.05, 4.69) is 12.2 Å². The van der Waals surface area contributed by atoms with Crippen LogP contribution in [0.5, 0.6) is 0 Å². The Bertz CT molecular complexity index is 426. The summed E-state index contributed by atoms with van der Waals surface area (Å²) in [5.41, 5.74) is 0. The molecule has 21 heavy (non-hydrogen) atoms. The molecule has 0 aromatic carbocycles. The maximum absolute atomic E-state index is 12.3. The van der Waals surface area contributed by atoms with Crippen LogP contribution < -0.4 is 5.32 Å². The molecule has 118 valence electrons. The van der Waals surface area contributed by atoms with Gasteiger partial charge in [-0.1, -0.05) is 13.3 Å². The number of likely N-dealkylation sites (tertiary alicyclic amines) is 1. The van der Waals surface area contributed by atoms with E-state index in [0.29, 0.717) is 24.8 Å². The van der Waals surface area contributed by atoms with E-state index in [1.807, 2.05) is 0 Å². The molecule has 3 rings (SSSR count). The number of carbonyl (C=O) groups excluding carboxylic acids is 1. The van der Waals surface area contributed by atoms with E-state index in [1.165, 1.54) is 30.6 Å². The molecule has 5 atom stereocenters. The van der Waals surface area contributed by atoms with E-state index in [0.717, 1.165) is 24.8 Å². The van der Waals surface area contributed by atoms with E-state index >= 15 is 0 Å². The molecule has 1 saturated heterocycles. The smallest absolute Gasteiger partial charge is 0.326 e. The molecule has 0 spiro atoms. The van der Waals surface area contributed by atoms with Gasteiger partial charge in [-0.15, -0.1) is 0 Å². The topological polar surface area (TPSA) is 69.6 Å². The number of fused-ring (bicyclic) bond motifs is 2. The van der Waals surface area contributed by atoms with E-state index < -0.39 is 12.0 Å². The molecule has 5 heteroatoms. The molecule has 2 bridgehead atoms. The van der Waals surface area contributed by atoms with Gasteiger partial charge in [0.2, 0.25) is 0 Å². The van der Waals surface area contributed by atoms with Crippen molar-refractivity contribution in [2.45, 2.75) is 51.5 Å². The number of hydrogen-bond acceptors (Lipinski definition) is 2. The highest BCUT2D eigenvalue weighted by atomic mass is 16.4. The van der Waals surface area contributed by atoms with Crippen molar-refractivity contribution < 1.29 is 14.7 Å². The van der Waals surface area contributed by atoms with Crippen LogP contribution in [0.4, 0.5) is 4.79 Å². The predicted octanol–water partition coefficient (Wildman–Crippen LogP) is 2.32. The lowest BCUT2D eigenvalue weighted by Gasteiger charge is -2.36. The number of nitrogens with zero attached hydrogens (tertiary/aromatic N) is 1. The third-order valence-electron chi connectivity index (χ3n) is 5.81. The zero-order valence-corrected chi connectivity index (χ0v) is 12.8. The standard InChI is InChI=1S/C16H26N2O3/c1-10-4-5-18(14(6-10)15(19)20)16(21)17-9-13-8-11-2-3-12(13)7-11/h10-14H,2-9H2,1H3,(H,17,21)(H,19,20). The molecule has 0 aromatic rings. The van der Waals surface area contributed by atoms with Gasteiger partial charge in [0.15, 0.2) is 0 Å². The van der Waals surface area contributed by atoms with Crippen LogP contribution in [0.15, 0.2) is 0 Å². The normalized spacial score (nSPS) is 38.5. The van der Waals surface area contributed by atoms with Crippen molar-refractivity contribution in [1.29, 1.82) is 0 Å². The zero-order valence-electron chi connectivity index (χ0n) is 12.8. The molecular weight excluding hydrogens is 268 g/mol. The Labute approximate surface area is 126 Å². The molecule has 2 saturated carbocycles. The first-order chi connectivity index (χ1) is 10.0. The Morgan fingerprint density at radius 1 is 1.19 bits per heavy atom. The van der Waals surface area contributed by atoms with E-state index in [4.69, 9.17) is 0 Å². The molecule has 3 aliphatic rings. The summed E-state index contributed by atoms with van der Waals surface area (Å²) in [6, 6.07) is -0.842. The number of amides is 2. The van der Waals surface area contributed by atoms with Crippen molar-refractivity contribution in [3.63, 3.8) is 0 Å². The van der Waals surface area contributed by atoms with Crippen LogP contribution in [0.1, 0.15) is 45.4 Å². The van der Waals surface area contributed by atoms with Crippen LogP contribution in [-0.2, 0) is 4.79 Å². The fourth-order valence-corrected chi connectivity index (χ4v) is 4.57. The predicted molar refractivity (Wildman–Crippen MR) is 78.9 cm³/mol. The summed E-state index contributed by atoms with van der Waals surface area (Å²) in [5.74, 6) is 1.77. The average Bonchev–Trinajstić information content (AvgIpc) is 3.07. The van der Waals surface area contributed by atoms with Gasteiger partial charge in [0.1, 0.15) is 6.04 Å². The Morgan fingerprint density at radius 2 is 2.00 bits per heavy atom. The highest BCUT2D eigenvalue weighted by molar-refractivity contribution is 5.82. The van der Waals surface area contributed by atoms with Crippen molar-refractivity contribution >= 4 is 12.0 Å². The first-order valence-electron chi connectivity index (χ1n) is 8.32. The van der Waals surface area contributed by atoms with E-state index in [9.17, 15) is 14.7 Å². The van der Waals surface area contributed by atoms with Crippen LogP contribution in [-0.4, -0.2) is 41.1 Å². The minimum absolute atomic E-state index is 0.183. The van der Waals surface area contributed by atoms with Crippen LogP contribution in [0.25, 0.3) is 0 Å². The number of carbonyl (C=O) groups is 2. The van der Waals surface area contributed by atoms with Crippen LogP contribution >= 0.6 is 0 Å². The Hall–Kier alpha value is -1.26. The molecule has 2 aliphatic carbocycles. The van der Waals surface area contributed by atoms with Gasteiger partial charge in [-0.3, -0.25) is 0 Å². The molecule has 5 unspecified atom stereocenters. The van der Waals surface area contributed by atoms with Crippen LogP contribution in [0.3, 0.4) is 0 Å². The van der Waals surface area contributed by atoms with E-state index in [1.54, 1.807) is 0 Å². The molecule has 0 radical (unpaired) electrons. The van der Waals surface area contributed by atoms with Gasteiger partial charge in [-0.2, -0.15) is 0 Å². The lowest BCUT2D eigenvalue weighted by Crippen LogP contribution is -2.54. The zero-order chi connectivity index (χ0) is 15.0. The molecule has 1 aliphatic heterocycles. The number of aliphatic carboxylic acids is 1. The van der Waals surface area contributed by atoms with Crippen molar-refractivity contribution in [2.24, 2.45) is 23.7 Å². The van der Waals surface area contributed by atoms with Crippen LogP contribution in [0, 0.1) is 23.7 Å². The summed E-state index contributed by atoms with van der Waals surface area (Å²) in [5, 5.41) is 12.3. The lowest BCUT2D eigenvalue weighted by atomic mass is 9.89. The van der Waals surface area contributed by atoms with Crippen molar-refractivity contribution in [3.05, 3.63) is 0 Å². The second-order valence-electron chi connectivity index (χ2n) is 7.30. The van der Waals surface area contributed by atoms with Gasteiger partial charge in [0.25, 0.3) is 0 Å². The average molecular weight is 294 g/mol. The summed E-state index contributed by atoms with van der Waals surface area (Å²) in [7, 11) is 0. The minimum Gasteiger partial charge on any atom is -0.480 e. The number of carboxylic acids is 1. The molecule has 3 fully saturated rings. The summed E-state index contributed by atoms with van der Waals surface area (Å²) in [4.78, 5) is 25.2. The fraction of sp³-hybridized carbons (Fsp3) is 0.875. The van der Waals surface area contributed by atoms with Gasteiger partial charge in [0, 0.05) is 13.1 Å². The maximum Gasteiger partial charge on any atom is 0.326 e.